The predicted molar refractivity (Wildman–Crippen MR) is 72.2 cm³/mol. The molecule has 0 fully saturated rings. The molecule has 0 spiro atoms. The zero-order valence-corrected chi connectivity index (χ0v) is 11.9. The molecule has 0 aliphatic rings. The summed E-state index contributed by atoms with van der Waals surface area (Å²) in [6, 6.07) is -1.24. The van der Waals surface area contributed by atoms with Gasteiger partial charge < -0.3 is 25.7 Å². The number of unbranched alkanes of at least 4 members (excludes halogenated alkanes) is 1. The molecular weight excluding hydrogens is 300 g/mol. The van der Waals surface area contributed by atoms with Crippen LogP contribution in [-0.4, -0.2) is 81.4 Å². The summed E-state index contributed by atoms with van der Waals surface area (Å²) in [5.41, 5.74) is 0. The van der Waals surface area contributed by atoms with Gasteiger partial charge in [-0.15, -0.1) is 0 Å². The number of carboxylic acids is 3. The fraction of sp³-hybridized carbons (Fsp3) is 0.667. The van der Waals surface area contributed by atoms with E-state index in [1.807, 2.05) is 0 Å². The van der Waals surface area contributed by atoms with Crippen LogP contribution in [-0.2, 0) is 19.2 Å². The van der Waals surface area contributed by atoms with Gasteiger partial charge in [-0.3, -0.25) is 24.1 Å². The summed E-state index contributed by atoms with van der Waals surface area (Å²) in [6.45, 7) is -1.78. The van der Waals surface area contributed by atoms with Crippen LogP contribution >= 0.6 is 0 Å². The number of aliphatic carboxylic acids is 3. The van der Waals surface area contributed by atoms with E-state index >= 15 is 0 Å². The Labute approximate surface area is 126 Å². The number of hydrogen-bond acceptors (Lipinski definition) is 6. The molecule has 0 heterocycles. The van der Waals surface area contributed by atoms with Gasteiger partial charge in [0.25, 0.3) is 0 Å². The third-order valence-electron chi connectivity index (χ3n) is 2.77. The lowest BCUT2D eigenvalue weighted by Gasteiger charge is -2.25. The molecular formula is C12H20N2O8. The van der Waals surface area contributed by atoms with Crippen molar-refractivity contribution in [3.8, 4) is 0 Å². The minimum Gasteiger partial charge on any atom is -0.480 e. The van der Waals surface area contributed by atoms with Crippen molar-refractivity contribution < 1.29 is 39.6 Å². The van der Waals surface area contributed by atoms with Crippen LogP contribution in [0.2, 0.25) is 0 Å². The Morgan fingerprint density at radius 3 is 1.91 bits per heavy atom. The molecule has 0 aromatic heterocycles. The second kappa shape index (κ2) is 10.5. The van der Waals surface area contributed by atoms with Gasteiger partial charge in [-0.25, -0.2) is 0 Å². The number of carboxylic acid groups (broad SMARTS) is 3. The highest BCUT2D eigenvalue weighted by Crippen LogP contribution is 2.09. The third kappa shape index (κ3) is 8.87. The lowest BCUT2D eigenvalue weighted by atomic mass is 10.1. The van der Waals surface area contributed by atoms with Crippen molar-refractivity contribution in [2.24, 2.45) is 0 Å². The van der Waals surface area contributed by atoms with Crippen LogP contribution < -0.4 is 5.32 Å². The summed E-state index contributed by atoms with van der Waals surface area (Å²) in [6.07, 6.45) is 0.812. The summed E-state index contributed by atoms with van der Waals surface area (Å²) in [7, 11) is 0. The number of aliphatic hydroxyl groups is 1. The second-order valence-electron chi connectivity index (χ2n) is 4.55. The summed E-state index contributed by atoms with van der Waals surface area (Å²) >= 11 is 0. The van der Waals surface area contributed by atoms with Gasteiger partial charge in [0.1, 0.15) is 12.6 Å². The highest BCUT2D eigenvalue weighted by atomic mass is 16.4. The summed E-state index contributed by atoms with van der Waals surface area (Å²) < 4.78 is 0. The fourth-order valence-electron chi connectivity index (χ4n) is 1.83. The van der Waals surface area contributed by atoms with E-state index in [2.05, 4.69) is 5.32 Å². The molecule has 0 aromatic carbocycles. The molecule has 22 heavy (non-hydrogen) atoms. The highest BCUT2D eigenvalue weighted by molar-refractivity contribution is 5.78. The molecule has 1 unspecified atom stereocenters. The SMILES string of the molecule is O=C(O)CN(CC(=O)O)C(CCCCNC(=O)CO)C(=O)O. The zero-order chi connectivity index (χ0) is 17.1. The topological polar surface area (TPSA) is 164 Å². The molecule has 0 rings (SSSR count). The Bertz CT molecular complexity index is 396. The molecule has 5 N–H and O–H groups in total. The highest BCUT2D eigenvalue weighted by Gasteiger charge is 2.28. The average Bonchev–Trinajstić information content (AvgIpc) is 2.40. The van der Waals surface area contributed by atoms with Gasteiger partial charge >= 0.3 is 17.9 Å². The second-order valence-corrected chi connectivity index (χ2v) is 4.55. The maximum Gasteiger partial charge on any atom is 0.320 e. The number of nitrogens with zero attached hydrogens (tertiary/aromatic N) is 1. The summed E-state index contributed by atoms with van der Waals surface area (Å²) in [5.74, 6) is -4.49. The van der Waals surface area contributed by atoms with E-state index in [4.69, 9.17) is 20.4 Å². The Morgan fingerprint density at radius 2 is 1.50 bits per heavy atom. The number of amides is 1. The van der Waals surface area contributed by atoms with E-state index in [-0.39, 0.29) is 13.0 Å². The molecule has 0 aliphatic carbocycles. The maximum atomic E-state index is 11.2. The van der Waals surface area contributed by atoms with E-state index in [1.165, 1.54) is 0 Å². The van der Waals surface area contributed by atoms with Crippen molar-refractivity contribution in [1.82, 2.24) is 10.2 Å². The van der Waals surface area contributed by atoms with Crippen LogP contribution in [0.25, 0.3) is 0 Å². The van der Waals surface area contributed by atoms with Crippen molar-refractivity contribution in [1.29, 1.82) is 0 Å². The van der Waals surface area contributed by atoms with E-state index in [9.17, 15) is 19.2 Å². The zero-order valence-electron chi connectivity index (χ0n) is 11.9. The van der Waals surface area contributed by atoms with Gasteiger partial charge in [0, 0.05) is 6.54 Å². The molecule has 10 heteroatoms. The molecule has 0 saturated heterocycles. The summed E-state index contributed by atoms with van der Waals surface area (Å²) in [5, 5.41) is 37.5. The predicted octanol–water partition coefficient (Wildman–Crippen LogP) is -1.81. The Morgan fingerprint density at radius 1 is 0.955 bits per heavy atom. The number of aliphatic hydroxyl groups excluding tert-OH is 1. The standard InChI is InChI=1S/C12H20N2O8/c15-7-9(16)13-4-2-1-3-8(12(21)22)14(5-10(17)18)6-11(19)20/h8,15H,1-7H2,(H,13,16)(H,17,18)(H,19,20)(H,21,22). The minimum absolute atomic E-state index is 0.0465. The van der Waals surface area contributed by atoms with Crippen LogP contribution in [0.3, 0.4) is 0 Å². The monoisotopic (exact) mass is 320 g/mol. The smallest absolute Gasteiger partial charge is 0.320 e. The largest absolute Gasteiger partial charge is 0.480 e. The van der Waals surface area contributed by atoms with Gasteiger partial charge in [0.2, 0.25) is 5.91 Å². The van der Waals surface area contributed by atoms with Gasteiger partial charge in [0.05, 0.1) is 13.1 Å². The fourth-order valence-corrected chi connectivity index (χ4v) is 1.83. The quantitative estimate of drug-likeness (QED) is 0.260. The number of nitrogens with one attached hydrogen (secondary N) is 1. The minimum atomic E-state index is -1.32. The first kappa shape index (κ1) is 19.8. The van der Waals surface area contributed by atoms with Crippen LogP contribution in [0.1, 0.15) is 19.3 Å². The molecule has 0 saturated carbocycles. The van der Waals surface area contributed by atoms with Crippen LogP contribution in [0.5, 0.6) is 0 Å². The molecule has 1 atom stereocenters. The van der Waals surface area contributed by atoms with Gasteiger partial charge in [-0.2, -0.15) is 0 Å². The van der Waals surface area contributed by atoms with Crippen LogP contribution in [0.4, 0.5) is 0 Å². The van der Waals surface area contributed by atoms with Gasteiger partial charge in [-0.1, -0.05) is 0 Å². The third-order valence-corrected chi connectivity index (χ3v) is 2.77. The lowest BCUT2D eigenvalue weighted by molar-refractivity contribution is -0.149. The van der Waals surface area contributed by atoms with Crippen LogP contribution in [0, 0.1) is 0 Å². The van der Waals surface area contributed by atoms with Crippen LogP contribution in [0.15, 0.2) is 0 Å². The Balaban J connectivity index is 4.47. The molecule has 1 amide bonds. The summed E-state index contributed by atoms with van der Waals surface area (Å²) in [4.78, 5) is 44.2. The van der Waals surface area contributed by atoms with E-state index in [0.717, 1.165) is 4.90 Å². The van der Waals surface area contributed by atoms with E-state index in [1.54, 1.807) is 0 Å². The van der Waals surface area contributed by atoms with E-state index < -0.39 is 49.6 Å². The molecule has 10 nitrogen and oxygen atoms in total. The van der Waals surface area contributed by atoms with Gasteiger partial charge in [0.15, 0.2) is 0 Å². The van der Waals surface area contributed by atoms with Gasteiger partial charge in [-0.05, 0) is 19.3 Å². The number of hydrogen-bond donors (Lipinski definition) is 5. The van der Waals surface area contributed by atoms with Crippen molar-refractivity contribution in [3.63, 3.8) is 0 Å². The molecule has 0 bridgehead atoms. The lowest BCUT2D eigenvalue weighted by Crippen LogP contribution is -2.46. The first-order chi connectivity index (χ1) is 10.3. The van der Waals surface area contributed by atoms with E-state index in [0.29, 0.717) is 12.8 Å². The number of rotatable bonds is 12. The Kier molecular flexibility index (Phi) is 9.46. The molecule has 0 aromatic rings. The number of carbonyl (C=O) groups is 4. The van der Waals surface area contributed by atoms with Crippen molar-refractivity contribution in [2.75, 3.05) is 26.2 Å². The normalized spacial score (nSPS) is 11.9. The van der Waals surface area contributed by atoms with Crippen molar-refractivity contribution in [3.05, 3.63) is 0 Å². The Hall–Kier alpha value is -2.20. The average molecular weight is 320 g/mol. The molecule has 126 valence electrons. The maximum absolute atomic E-state index is 11.2. The number of carbonyl (C=O) groups excluding carboxylic acids is 1. The first-order valence-electron chi connectivity index (χ1n) is 6.56. The molecule has 0 radical (unpaired) electrons. The first-order valence-corrected chi connectivity index (χ1v) is 6.56. The van der Waals surface area contributed by atoms with Crippen molar-refractivity contribution in [2.45, 2.75) is 25.3 Å². The molecule has 0 aliphatic heterocycles. The van der Waals surface area contributed by atoms with Crippen molar-refractivity contribution >= 4 is 23.8 Å².